The summed E-state index contributed by atoms with van der Waals surface area (Å²) in [6.45, 7) is 2.94. The molecule has 1 unspecified atom stereocenters. The third-order valence-corrected chi connectivity index (χ3v) is 4.18. The normalized spacial score (nSPS) is 11.9. The number of para-hydroxylation sites is 1. The minimum absolute atomic E-state index is 0. The third kappa shape index (κ3) is 7.71. The molecular formula is C18H22BrIN4O3. The number of nitrogens with zero attached hydrogens (tertiary/aromatic N) is 2. The van der Waals surface area contributed by atoms with Crippen LogP contribution in [0.4, 0.5) is 5.69 Å². The summed E-state index contributed by atoms with van der Waals surface area (Å²) < 4.78 is 6.78. The van der Waals surface area contributed by atoms with Crippen molar-refractivity contribution in [3.05, 3.63) is 68.7 Å². The van der Waals surface area contributed by atoms with E-state index in [1.807, 2.05) is 37.3 Å². The first kappa shape index (κ1) is 23.2. The molecule has 0 saturated carbocycles. The Labute approximate surface area is 183 Å². The van der Waals surface area contributed by atoms with Gasteiger partial charge < -0.3 is 15.4 Å². The molecule has 0 aliphatic carbocycles. The maximum absolute atomic E-state index is 10.8. The van der Waals surface area contributed by atoms with E-state index in [0.717, 1.165) is 15.8 Å². The molecule has 9 heteroatoms. The quantitative estimate of drug-likeness (QED) is 0.179. The highest BCUT2D eigenvalue weighted by atomic mass is 127. The second kappa shape index (κ2) is 11.8. The highest BCUT2D eigenvalue weighted by molar-refractivity contribution is 14.0. The van der Waals surface area contributed by atoms with Crippen LogP contribution in [-0.2, 0) is 6.54 Å². The van der Waals surface area contributed by atoms with Crippen LogP contribution in [0.3, 0.4) is 0 Å². The molecule has 0 radical (unpaired) electrons. The first-order valence-electron chi connectivity index (χ1n) is 8.08. The molecule has 0 fully saturated rings. The Hall–Kier alpha value is -1.88. The van der Waals surface area contributed by atoms with Gasteiger partial charge in [-0.25, -0.2) is 0 Å². The molecule has 0 aromatic heterocycles. The van der Waals surface area contributed by atoms with E-state index in [1.54, 1.807) is 19.2 Å². The fraction of sp³-hybridized carbons (Fsp3) is 0.278. The number of non-ortho nitro benzene ring substituents is 1. The SMILES string of the molecule is CN=C(NCc1cccc([N+](=O)[O-])c1)NCC(C)Oc1ccccc1Br.I. The lowest BCUT2D eigenvalue weighted by Gasteiger charge is -2.18. The number of hydrogen-bond donors (Lipinski definition) is 2. The van der Waals surface area contributed by atoms with Gasteiger partial charge in [0.2, 0.25) is 0 Å². The van der Waals surface area contributed by atoms with Gasteiger partial charge in [-0.2, -0.15) is 0 Å². The summed E-state index contributed by atoms with van der Waals surface area (Å²) in [7, 11) is 1.67. The first-order chi connectivity index (χ1) is 12.5. The first-order valence-corrected chi connectivity index (χ1v) is 8.88. The van der Waals surface area contributed by atoms with Gasteiger partial charge in [0.05, 0.1) is 15.9 Å². The highest BCUT2D eigenvalue weighted by Crippen LogP contribution is 2.24. The van der Waals surface area contributed by atoms with Crippen molar-refractivity contribution in [2.45, 2.75) is 19.6 Å². The van der Waals surface area contributed by atoms with E-state index in [0.29, 0.717) is 19.0 Å². The van der Waals surface area contributed by atoms with E-state index in [9.17, 15) is 10.1 Å². The number of nitrogens with one attached hydrogen (secondary N) is 2. The number of guanidine groups is 1. The number of hydrogen-bond acceptors (Lipinski definition) is 4. The Morgan fingerprint density at radius 1 is 1.26 bits per heavy atom. The second-order valence-electron chi connectivity index (χ2n) is 5.59. The van der Waals surface area contributed by atoms with E-state index in [4.69, 9.17) is 4.74 Å². The van der Waals surface area contributed by atoms with Crippen molar-refractivity contribution >= 4 is 51.6 Å². The molecule has 0 aliphatic heterocycles. The molecule has 2 N–H and O–H groups in total. The lowest BCUT2D eigenvalue weighted by molar-refractivity contribution is -0.384. The number of halogens is 2. The number of rotatable bonds is 7. The van der Waals surface area contributed by atoms with Crippen molar-refractivity contribution < 1.29 is 9.66 Å². The van der Waals surface area contributed by atoms with Gasteiger partial charge in [-0.05, 0) is 40.5 Å². The number of ether oxygens (including phenoxy) is 1. The summed E-state index contributed by atoms with van der Waals surface area (Å²) >= 11 is 3.46. The Bertz CT molecular complexity index is 789. The van der Waals surface area contributed by atoms with Gasteiger partial charge >= 0.3 is 0 Å². The molecule has 1 atom stereocenters. The van der Waals surface area contributed by atoms with Crippen molar-refractivity contribution in [2.24, 2.45) is 4.99 Å². The topological polar surface area (TPSA) is 88.8 Å². The molecule has 0 heterocycles. The zero-order valence-corrected chi connectivity index (χ0v) is 18.9. The van der Waals surface area contributed by atoms with Crippen LogP contribution in [0, 0.1) is 10.1 Å². The van der Waals surface area contributed by atoms with Gasteiger partial charge in [-0.15, -0.1) is 24.0 Å². The molecular weight excluding hydrogens is 527 g/mol. The summed E-state index contributed by atoms with van der Waals surface area (Å²) in [6.07, 6.45) is -0.0786. The van der Waals surface area contributed by atoms with Crippen molar-refractivity contribution in [3.63, 3.8) is 0 Å². The number of nitro benzene ring substituents is 1. The fourth-order valence-corrected chi connectivity index (χ4v) is 2.60. The van der Waals surface area contributed by atoms with Crippen LogP contribution in [0.25, 0.3) is 0 Å². The maximum atomic E-state index is 10.8. The molecule has 2 aromatic carbocycles. The van der Waals surface area contributed by atoms with E-state index in [1.165, 1.54) is 6.07 Å². The smallest absolute Gasteiger partial charge is 0.269 e. The molecule has 0 saturated heterocycles. The minimum atomic E-state index is -0.405. The lowest BCUT2D eigenvalue weighted by Crippen LogP contribution is -2.41. The number of benzene rings is 2. The van der Waals surface area contributed by atoms with Crippen LogP contribution >= 0.6 is 39.9 Å². The molecule has 146 valence electrons. The summed E-state index contributed by atoms with van der Waals surface area (Å²) in [5.74, 6) is 1.38. The zero-order chi connectivity index (χ0) is 18.9. The molecule has 2 aromatic rings. The molecule has 7 nitrogen and oxygen atoms in total. The Morgan fingerprint density at radius 2 is 2.00 bits per heavy atom. The van der Waals surface area contributed by atoms with Crippen molar-refractivity contribution in [1.82, 2.24) is 10.6 Å². The molecule has 27 heavy (non-hydrogen) atoms. The lowest BCUT2D eigenvalue weighted by atomic mass is 10.2. The molecule has 0 amide bonds. The van der Waals surface area contributed by atoms with Crippen LogP contribution in [0.15, 0.2) is 58.0 Å². The summed E-state index contributed by atoms with van der Waals surface area (Å²) in [6, 6.07) is 14.2. The van der Waals surface area contributed by atoms with Gasteiger partial charge in [-0.3, -0.25) is 15.1 Å². The predicted octanol–water partition coefficient (Wildman–Crippen LogP) is 4.11. The van der Waals surface area contributed by atoms with E-state index < -0.39 is 4.92 Å². The molecule has 0 bridgehead atoms. The maximum Gasteiger partial charge on any atom is 0.269 e. The summed E-state index contributed by atoms with van der Waals surface area (Å²) in [4.78, 5) is 14.6. The largest absolute Gasteiger partial charge is 0.488 e. The van der Waals surface area contributed by atoms with Crippen LogP contribution in [0.1, 0.15) is 12.5 Å². The van der Waals surface area contributed by atoms with Crippen LogP contribution in [-0.4, -0.2) is 30.6 Å². The van der Waals surface area contributed by atoms with E-state index in [2.05, 4.69) is 31.6 Å². The van der Waals surface area contributed by atoms with Crippen LogP contribution < -0.4 is 15.4 Å². The van der Waals surface area contributed by atoms with Gasteiger partial charge in [-0.1, -0.05) is 24.3 Å². The average molecular weight is 549 g/mol. The zero-order valence-electron chi connectivity index (χ0n) is 15.0. The summed E-state index contributed by atoms with van der Waals surface area (Å²) in [5.41, 5.74) is 0.877. The Balaban J connectivity index is 0.00000364. The van der Waals surface area contributed by atoms with Gasteiger partial charge in [0.25, 0.3) is 5.69 Å². The van der Waals surface area contributed by atoms with E-state index in [-0.39, 0.29) is 35.8 Å². The summed E-state index contributed by atoms with van der Waals surface area (Å²) in [5, 5.41) is 17.1. The standard InChI is InChI=1S/C18H21BrN4O3.HI/c1-13(26-17-9-4-3-8-16(17)19)11-21-18(20-2)22-12-14-6-5-7-15(10-14)23(24)25;/h3-10,13H,11-12H2,1-2H3,(H2,20,21,22);1H. The van der Waals surface area contributed by atoms with E-state index >= 15 is 0 Å². The van der Waals surface area contributed by atoms with Crippen molar-refractivity contribution in [3.8, 4) is 5.75 Å². The second-order valence-corrected chi connectivity index (χ2v) is 6.45. The third-order valence-electron chi connectivity index (χ3n) is 3.53. The average Bonchev–Trinajstić information content (AvgIpc) is 2.64. The Morgan fingerprint density at radius 3 is 2.67 bits per heavy atom. The van der Waals surface area contributed by atoms with Gasteiger partial charge in [0.1, 0.15) is 11.9 Å². The predicted molar refractivity (Wildman–Crippen MR) is 121 cm³/mol. The highest BCUT2D eigenvalue weighted by Gasteiger charge is 2.09. The number of aliphatic imine (C=N–C) groups is 1. The molecule has 2 rings (SSSR count). The van der Waals surface area contributed by atoms with Crippen molar-refractivity contribution in [2.75, 3.05) is 13.6 Å². The number of nitro groups is 1. The van der Waals surface area contributed by atoms with Crippen molar-refractivity contribution in [1.29, 1.82) is 0 Å². The Kier molecular flexibility index (Phi) is 10.1. The molecule has 0 spiro atoms. The monoisotopic (exact) mass is 548 g/mol. The minimum Gasteiger partial charge on any atom is -0.488 e. The fourth-order valence-electron chi connectivity index (χ4n) is 2.23. The van der Waals surface area contributed by atoms with Gasteiger partial charge in [0.15, 0.2) is 5.96 Å². The van der Waals surface area contributed by atoms with Gasteiger partial charge in [0, 0.05) is 25.7 Å². The molecule has 0 aliphatic rings. The van der Waals surface area contributed by atoms with Crippen LogP contribution in [0.2, 0.25) is 0 Å². The van der Waals surface area contributed by atoms with Crippen LogP contribution in [0.5, 0.6) is 5.75 Å².